The Bertz CT molecular complexity index is 736. The molecule has 1 saturated heterocycles. The van der Waals surface area contributed by atoms with Crippen LogP contribution in [0, 0.1) is 0 Å². The maximum atomic E-state index is 12.9. The van der Waals surface area contributed by atoms with Gasteiger partial charge in [-0.1, -0.05) is 0 Å². The maximum Gasteiger partial charge on any atom is 0.334 e. The summed E-state index contributed by atoms with van der Waals surface area (Å²) in [5.41, 5.74) is 2.21. The molecule has 1 fully saturated rings. The van der Waals surface area contributed by atoms with E-state index in [1.54, 1.807) is 25.2 Å². The Morgan fingerprint density at radius 1 is 1.23 bits per heavy atom. The van der Waals surface area contributed by atoms with Gasteiger partial charge < -0.3 is 24.5 Å². The SMILES string of the molecule is CN(C)C(=O)N1CCc2c(cncc2C(=O)N2CCOC(C(=O)O)C2)C1. The van der Waals surface area contributed by atoms with Crippen molar-refractivity contribution in [2.45, 2.75) is 19.1 Å². The number of carbonyl (C=O) groups is 3. The number of carboxylic acid groups (broad SMARTS) is 1. The highest BCUT2D eigenvalue weighted by molar-refractivity contribution is 5.96. The topological polar surface area (TPSA) is 103 Å². The molecule has 140 valence electrons. The Morgan fingerprint density at radius 3 is 2.69 bits per heavy atom. The molecule has 9 heteroatoms. The van der Waals surface area contributed by atoms with Crippen molar-refractivity contribution in [3.8, 4) is 0 Å². The van der Waals surface area contributed by atoms with Gasteiger partial charge in [0.1, 0.15) is 0 Å². The first-order valence-electron chi connectivity index (χ1n) is 8.44. The van der Waals surface area contributed by atoms with Crippen molar-refractivity contribution in [3.63, 3.8) is 0 Å². The van der Waals surface area contributed by atoms with Gasteiger partial charge in [0.15, 0.2) is 6.10 Å². The van der Waals surface area contributed by atoms with E-state index in [2.05, 4.69) is 4.98 Å². The zero-order valence-electron chi connectivity index (χ0n) is 14.8. The molecular formula is C17H22N4O5. The number of pyridine rings is 1. The van der Waals surface area contributed by atoms with E-state index in [-0.39, 0.29) is 25.1 Å². The van der Waals surface area contributed by atoms with Gasteiger partial charge in [-0.05, 0) is 17.5 Å². The molecule has 0 saturated carbocycles. The third-order valence-electron chi connectivity index (χ3n) is 4.65. The predicted molar refractivity (Wildman–Crippen MR) is 90.7 cm³/mol. The van der Waals surface area contributed by atoms with Crippen molar-refractivity contribution in [1.29, 1.82) is 0 Å². The highest BCUT2D eigenvalue weighted by atomic mass is 16.5. The molecule has 3 amide bonds. The van der Waals surface area contributed by atoms with Crippen LogP contribution in [-0.4, -0.2) is 89.1 Å². The average Bonchev–Trinajstić information content (AvgIpc) is 2.65. The van der Waals surface area contributed by atoms with Gasteiger partial charge >= 0.3 is 12.0 Å². The third kappa shape index (κ3) is 3.48. The zero-order valence-corrected chi connectivity index (χ0v) is 14.8. The molecule has 0 spiro atoms. The fraction of sp³-hybridized carbons (Fsp3) is 0.529. The number of urea groups is 1. The molecule has 1 atom stereocenters. The number of aromatic nitrogens is 1. The van der Waals surface area contributed by atoms with Crippen molar-refractivity contribution in [3.05, 3.63) is 29.1 Å². The lowest BCUT2D eigenvalue weighted by atomic mass is 9.96. The van der Waals surface area contributed by atoms with E-state index in [0.717, 1.165) is 11.1 Å². The van der Waals surface area contributed by atoms with E-state index >= 15 is 0 Å². The fourth-order valence-corrected chi connectivity index (χ4v) is 3.28. The quantitative estimate of drug-likeness (QED) is 0.797. The number of fused-ring (bicyclic) bond motifs is 1. The summed E-state index contributed by atoms with van der Waals surface area (Å²) in [5.74, 6) is -1.31. The molecule has 1 unspecified atom stereocenters. The number of morpholine rings is 1. The van der Waals surface area contributed by atoms with Gasteiger partial charge in [0.25, 0.3) is 5.91 Å². The van der Waals surface area contributed by atoms with E-state index in [4.69, 9.17) is 9.84 Å². The van der Waals surface area contributed by atoms with E-state index in [9.17, 15) is 14.4 Å². The van der Waals surface area contributed by atoms with Crippen molar-refractivity contribution in [2.75, 3.05) is 40.3 Å². The normalized spacial score (nSPS) is 19.7. The molecule has 26 heavy (non-hydrogen) atoms. The van der Waals surface area contributed by atoms with Crippen molar-refractivity contribution < 1.29 is 24.2 Å². The van der Waals surface area contributed by atoms with Gasteiger partial charge in [0, 0.05) is 46.1 Å². The molecule has 1 aromatic rings. The van der Waals surface area contributed by atoms with Crippen LogP contribution in [0.15, 0.2) is 12.4 Å². The monoisotopic (exact) mass is 362 g/mol. The molecule has 9 nitrogen and oxygen atoms in total. The molecular weight excluding hydrogens is 340 g/mol. The van der Waals surface area contributed by atoms with Crippen LogP contribution in [0.5, 0.6) is 0 Å². The molecule has 2 aliphatic heterocycles. The number of ether oxygens (including phenoxy) is 1. The molecule has 3 rings (SSSR count). The first-order valence-corrected chi connectivity index (χ1v) is 8.44. The summed E-state index contributed by atoms with van der Waals surface area (Å²) in [6.07, 6.45) is 2.76. The second-order valence-corrected chi connectivity index (χ2v) is 6.62. The molecule has 2 aliphatic rings. The molecule has 1 N–H and O–H groups in total. The van der Waals surface area contributed by atoms with Crippen LogP contribution < -0.4 is 0 Å². The van der Waals surface area contributed by atoms with Crippen LogP contribution in [0.2, 0.25) is 0 Å². The maximum absolute atomic E-state index is 12.9. The number of amides is 3. The van der Waals surface area contributed by atoms with Crippen LogP contribution in [-0.2, 0) is 22.5 Å². The summed E-state index contributed by atoms with van der Waals surface area (Å²) in [5, 5.41) is 9.11. The molecule has 3 heterocycles. The minimum Gasteiger partial charge on any atom is -0.479 e. The highest BCUT2D eigenvalue weighted by Crippen LogP contribution is 2.24. The Balaban J connectivity index is 1.80. The first kappa shape index (κ1) is 18.1. The minimum absolute atomic E-state index is 0.0169. The summed E-state index contributed by atoms with van der Waals surface area (Å²) in [4.78, 5) is 45.1. The molecule has 0 bridgehead atoms. The Kier molecular flexibility index (Phi) is 5.08. The first-order chi connectivity index (χ1) is 12.4. The van der Waals surface area contributed by atoms with Crippen LogP contribution in [0.4, 0.5) is 4.79 Å². The number of rotatable bonds is 2. The van der Waals surface area contributed by atoms with E-state index < -0.39 is 12.1 Å². The summed E-state index contributed by atoms with van der Waals surface area (Å²) in [7, 11) is 3.40. The smallest absolute Gasteiger partial charge is 0.334 e. The van der Waals surface area contributed by atoms with E-state index in [1.807, 2.05) is 0 Å². The summed E-state index contributed by atoms with van der Waals surface area (Å²) < 4.78 is 5.17. The van der Waals surface area contributed by atoms with Gasteiger partial charge in [-0.2, -0.15) is 0 Å². The number of carbonyl (C=O) groups excluding carboxylic acids is 2. The van der Waals surface area contributed by atoms with Gasteiger partial charge in [-0.3, -0.25) is 9.78 Å². The lowest BCUT2D eigenvalue weighted by Crippen LogP contribution is -2.49. The largest absolute Gasteiger partial charge is 0.479 e. The molecule has 0 aromatic carbocycles. The van der Waals surface area contributed by atoms with E-state index in [1.165, 1.54) is 16.0 Å². The summed E-state index contributed by atoms with van der Waals surface area (Å²) in [6, 6.07) is -0.0788. The fourth-order valence-electron chi connectivity index (χ4n) is 3.28. The standard InChI is InChI=1S/C17H22N4O5/c1-19(2)17(25)21-4-3-12-11(9-21)7-18-8-13(12)15(22)20-5-6-26-14(10-20)16(23)24/h7-8,14H,3-6,9-10H2,1-2H3,(H,23,24). The van der Waals surface area contributed by atoms with Crippen molar-refractivity contribution in [1.82, 2.24) is 19.7 Å². The average molecular weight is 362 g/mol. The van der Waals surface area contributed by atoms with Crippen LogP contribution >= 0.6 is 0 Å². The van der Waals surface area contributed by atoms with Gasteiger partial charge in [0.05, 0.1) is 18.7 Å². The predicted octanol–water partition coefficient (Wildman–Crippen LogP) is 0.0469. The summed E-state index contributed by atoms with van der Waals surface area (Å²) in [6.45, 7) is 1.48. The van der Waals surface area contributed by atoms with Crippen molar-refractivity contribution in [2.24, 2.45) is 0 Å². The Labute approximate surface area is 151 Å². The lowest BCUT2D eigenvalue weighted by molar-refractivity contribution is -0.154. The number of hydrogen-bond donors (Lipinski definition) is 1. The van der Waals surface area contributed by atoms with Crippen LogP contribution in [0.1, 0.15) is 21.5 Å². The second kappa shape index (κ2) is 7.28. The van der Waals surface area contributed by atoms with Gasteiger partial charge in [-0.25, -0.2) is 9.59 Å². The van der Waals surface area contributed by atoms with E-state index in [0.29, 0.717) is 31.6 Å². The minimum atomic E-state index is -1.08. The number of aliphatic carboxylic acids is 1. The highest BCUT2D eigenvalue weighted by Gasteiger charge is 2.32. The van der Waals surface area contributed by atoms with Gasteiger partial charge in [-0.15, -0.1) is 0 Å². The van der Waals surface area contributed by atoms with Crippen LogP contribution in [0.3, 0.4) is 0 Å². The summed E-state index contributed by atoms with van der Waals surface area (Å²) >= 11 is 0. The second-order valence-electron chi connectivity index (χ2n) is 6.62. The van der Waals surface area contributed by atoms with Crippen molar-refractivity contribution >= 4 is 17.9 Å². The Hall–Kier alpha value is -2.68. The van der Waals surface area contributed by atoms with Crippen LogP contribution in [0.25, 0.3) is 0 Å². The third-order valence-corrected chi connectivity index (χ3v) is 4.65. The molecule has 0 aliphatic carbocycles. The van der Waals surface area contributed by atoms with Gasteiger partial charge in [0.2, 0.25) is 0 Å². The molecule has 0 radical (unpaired) electrons. The number of hydrogen-bond acceptors (Lipinski definition) is 5. The lowest BCUT2D eigenvalue weighted by Gasteiger charge is -2.34. The molecule has 1 aromatic heterocycles. The Morgan fingerprint density at radius 2 is 2.00 bits per heavy atom. The number of carboxylic acids is 1. The number of nitrogens with zero attached hydrogens (tertiary/aromatic N) is 4. The zero-order chi connectivity index (χ0) is 18.8.